The molecule has 1 heteroatoms. The van der Waals surface area contributed by atoms with Crippen LogP contribution in [-0.4, -0.2) is 0 Å². The quantitative estimate of drug-likeness (QED) is 0.541. The van der Waals surface area contributed by atoms with Gasteiger partial charge in [-0.15, -0.1) is 9.24 Å². The Labute approximate surface area is 79.6 Å². The molecular formula is C11H21P. The average Bonchev–Trinajstić information content (AvgIpc) is 2.17. The van der Waals surface area contributed by atoms with E-state index in [-0.39, 0.29) is 0 Å². The lowest BCUT2D eigenvalue weighted by Crippen LogP contribution is -1.92. The molecule has 0 N–H and O–H groups in total. The Kier molecular flexibility index (Phi) is 12.6. The van der Waals surface area contributed by atoms with Crippen LogP contribution < -0.4 is 5.30 Å². The van der Waals surface area contributed by atoms with Crippen molar-refractivity contribution in [3.63, 3.8) is 0 Å². The molecule has 0 nitrogen and oxygen atoms in total. The van der Waals surface area contributed by atoms with Gasteiger partial charge in [0.15, 0.2) is 0 Å². The average molecular weight is 184 g/mol. The molecule has 0 aliphatic carbocycles. The van der Waals surface area contributed by atoms with Gasteiger partial charge in [0.2, 0.25) is 0 Å². The van der Waals surface area contributed by atoms with Gasteiger partial charge >= 0.3 is 0 Å². The second-order valence-corrected chi connectivity index (χ2v) is 2.48. The van der Waals surface area contributed by atoms with Gasteiger partial charge in [0.25, 0.3) is 0 Å². The zero-order valence-electron chi connectivity index (χ0n) is 8.89. The minimum Gasteiger partial charge on any atom is -0.105 e. The van der Waals surface area contributed by atoms with Gasteiger partial charge in [-0.05, 0) is 17.8 Å². The minimum absolute atomic E-state index is 1.28. The fourth-order valence-electron chi connectivity index (χ4n) is 0.587. The summed E-state index contributed by atoms with van der Waals surface area (Å²) in [5.41, 5.74) is 1.33. The van der Waals surface area contributed by atoms with Crippen LogP contribution in [0.15, 0.2) is 24.3 Å². The highest BCUT2D eigenvalue weighted by Crippen LogP contribution is 1.96. The van der Waals surface area contributed by atoms with Crippen LogP contribution in [0.3, 0.4) is 0 Å². The summed E-state index contributed by atoms with van der Waals surface area (Å²) in [6.45, 7) is 10.1. The Hall–Kier alpha value is -0.350. The van der Waals surface area contributed by atoms with Crippen LogP contribution in [0.2, 0.25) is 0 Å². The van der Waals surface area contributed by atoms with E-state index in [2.05, 4.69) is 28.3 Å². The Morgan fingerprint density at radius 1 is 0.917 bits per heavy atom. The highest BCUT2D eigenvalue weighted by molar-refractivity contribution is 7.27. The van der Waals surface area contributed by atoms with Crippen LogP contribution in [0, 0.1) is 6.92 Å². The summed E-state index contributed by atoms with van der Waals surface area (Å²) < 4.78 is 0. The normalized spacial score (nSPS) is 7.17. The molecule has 1 atom stereocenters. The standard InChI is InChI=1S/C7H9P.2C2H6/c1-6-4-2-3-5-7(6)8;2*1-2/h2-5H,8H2,1H3;2*1-2H3. The number of rotatable bonds is 0. The molecule has 12 heavy (non-hydrogen) atoms. The minimum atomic E-state index is 1.28. The first-order valence-corrected chi connectivity index (χ1v) is 5.19. The molecule has 0 heterocycles. The van der Waals surface area contributed by atoms with Crippen LogP contribution in [0.25, 0.3) is 0 Å². The van der Waals surface area contributed by atoms with E-state index in [1.54, 1.807) is 0 Å². The lowest BCUT2D eigenvalue weighted by molar-refractivity contribution is 1.50. The van der Waals surface area contributed by atoms with Crippen LogP contribution in [0.1, 0.15) is 33.3 Å². The number of hydrogen-bond acceptors (Lipinski definition) is 0. The van der Waals surface area contributed by atoms with Crippen molar-refractivity contribution >= 4 is 14.5 Å². The Morgan fingerprint density at radius 3 is 1.58 bits per heavy atom. The molecule has 0 radical (unpaired) electrons. The van der Waals surface area contributed by atoms with Gasteiger partial charge < -0.3 is 0 Å². The molecule has 70 valence electrons. The molecule has 1 aromatic rings. The Balaban J connectivity index is 0. The maximum Gasteiger partial charge on any atom is -0.0274 e. The van der Waals surface area contributed by atoms with Crippen LogP contribution in [-0.2, 0) is 0 Å². The number of benzene rings is 1. The topological polar surface area (TPSA) is 0 Å². The molecular weight excluding hydrogens is 163 g/mol. The zero-order valence-corrected chi connectivity index (χ0v) is 10.0. The fourth-order valence-corrected chi connectivity index (χ4v) is 0.794. The van der Waals surface area contributed by atoms with Crippen LogP contribution in [0.4, 0.5) is 0 Å². The molecule has 1 rings (SSSR count). The Morgan fingerprint density at radius 2 is 1.33 bits per heavy atom. The van der Waals surface area contributed by atoms with Gasteiger partial charge in [-0.2, -0.15) is 0 Å². The van der Waals surface area contributed by atoms with Crippen molar-refractivity contribution in [2.24, 2.45) is 0 Å². The molecule has 1 unspecified atom stereocenters. The third kappa shape index (κ3) is 6.37. The maximum atomic E-state index is 2.69. The summed E-state index contributed by atoms with van der Waals surface area (Å²) in [6.07, 6.45) is 0. The highest BCUT2D eigenvalue weighted by atomic mass is 31.0. The first kappa shape index (κ1) is 14.2. The van der Waals surface area contributed by atoms with E-state index < -0.39 is 0 Å². The first-order chi connectivity index (χ1) is 5.80. The summed E-state index contributed by atoms with van der Waals surface area (Å²) in [5, 5.41) is 1.28. The summed E-state index contributed by atoms with van der Waals surface area (Å²) >= 11 is 0. The summed E-state index contributed by atoms with van der Waals surface area (Å²) in [4.78, 5) is 0. The van der Waals surface area contributed by atoms with Crippen molar-refractivity contribution < 1.29 is 0 Å². The highest BCUT2D eigenvalue weighted by Gasteiger charge is 1.84. The number of hydrogen-bond donors (Lipinski definition) is 0. The summed E-state index contributed by atoms with van der Waals surface area (Å²) in [5.74, 6) is 0. The number of aryl methyl sites for hydroxylation is 1. The van der Waals surface area contributed by atoms with Crippen molar-refractivity contribution in [2.45, 2.75) is 34.6 Å². The largest absolute Gasteiger partial charge is 0.105 e. The molecule has 0 spiro atoms. The van der Waals surface area contributed by atoms with Gasteiger partial charge in [0, 0.05) is 0 Å². The molecule has 0 aromatic heterocycles. The van der Waals surface area contributed by atoms with Crippen molar-refractivity contribution in [3.8, 4) is 0 Å². The monoisotopic (exact) mass is 184 g/mol. The molecule has 0 amide bonds. The van der Waals surface area contributed by atoms with E-state index in [0.29, 0.717) is 0 Å². The smallest absolute Gasteiger partial charge is 0.0274 e. The second-order valence-electron chi connectivity index (χ2n) is 1.86. The van der Waals surface area contributed by atoms with Gasteiger partial charge in [0.1, 0.15) is 0 Å². The van der Waals surface area contributed by atoms with Crippen molar-refractivity contribution in [1.29, 1.82) is 0 Å². The lowest BCUT2D eigenvalue weighted by Gasteiger charge is -1.93. The van der Waals surface area contributed by atoms with Crippen molar-refractivity contribution in [3.05, 3.63) is 29.8 Å². The summed E-state index contributed by atoms with van der Waals surface area (Å²) in [7, 11) is 2.69. The van der Waals surface area contributed by atoms with Crippen molar-refractivity contribution in [1.82, 2.24) is 0 Å². The summed E-state index contributed by atoms with van der Waals surface area (Å²) in [6, 6.07) is 8.26. The molecule has 0 aliphatic heterocycles. The zero-order chi connectivity index (χ0) is 9.98. The molecule has 0 fully saturated rings. The van der Waals surface area contributed by atoms with Gasteiger partial charge in [-0.1, -0.05) is 52.0 Å². The van der Waals surface area contributed by atoms with Crippen molar-refractivity contribution in [2.75, 3.05) is 0 Å². The molecule has 0 aliphatic rings. The van der Waals surface area contributed by atoms with Crippen LogP contribution in [0.5, 0.6) is 0 Å². The predicted octanol–water partition coefficient (Wildman–Crippen LogP) is 3.55. The van der Waals surface area contributed by atoms with E-state index in [1.807, 2.05) is 39.8 Å². The molecule has 0 bridgehead atoms. The van der Waals surface area contributed by atoms with E-state index in [9.17, 15) is 0 Å². The van der Waals surface area contributed by atoms with Gasteiger partial charge in [0.05, 0.1) is 0 Å². The molecule has 0 saturated carbocycles. The second kappa shape index (κ2) is 10.7. The predicted molar refractivity (Wildman–Crippen MR) is 63.2 cm³/mol. The third-order valence-corrected chi connectivity index (χ3v) is 1.84. The van der Waals surface area contributed by atoms with Crippen LogP contribution >= 0.6 is 9.24 Å². The fraction of sp³-hybridized carbons (Fsp3) is 0.455. The lowest BCUT2D eigenvalue weighted by atomic mass is 10.2. The first-order valence-electron chi connectivity index (χ1n) is 4.62. The van der Waals surface area contributed by atoms with E-state index in [0.717, 1.165) is 0 Å². The molecule has 0 saturated heterocycles. The van der Waals surface area contributed by atoms with E-state index >= 15 is 0 Å². The van der Waals surface area contributed by atoms with E-state index in [1.165, 1.54) is 10.9 Å². The maximum absolute atomic E-state index is 2.69. The Bertz CT molecular complexity index is 161. The third-order valence-electron chi connectivity index (χ3n) is 1.19. The SMILES string of the molecule is CC.CC.Cc1ccccc1P. The van der Waals surface area contributed by atoms with E-state index in [4.69, 9.17) is 0 Å². The van der Waals surface area contributed by atoms with Gasteiger partial charge in [-0.25, -0.2) is 0 Å². The van der Waals surface area contributed by atoms with Gasteiger partial charge in [-0.3, -0.25) is 0 Å². The molecule has 1 aromatic carbocycles.